The summed E-state index contributed by atoms with van der Waals surface area (Å²) >= 11 is 0. The standard InChI is InChI=1S/C67H65BN2/c1-64(2)33-34-65(3,4)54-39-46(29-31-53(54)64)69-61-42-56-55(66(5,6)35-36-67(56,7)8)41-58(61)68-57-32-28-43(27-30-48(44-19-11-9-12-20-44)45-21-13-10-14-22-45)37-51(57)52-38-47(40-62(69)63(52)68)70-59-25-17-15-23-49(59)50-24-16-18-26-60(50)70/h9-26,28-29,31-32,37-42,48H,27,30,33-36H2,1-8H3. The number of aromatic nitrogens is 1. The Balaban J connectivity index is 1.08. The quantitative estimate of drug-likeness (QED) is 0.145. The van der Waals surface area contributed by atoms with Crippen molar-refractivity contribution >= 4 is 62.0 Å². The van der Waals surface area contributed by atoms with E-state index in [1.165, 1.54) is 137 Å². The summed E-state index contributed by atoms with van der Waals surface area (Å²) in [5, 5.41) is 2.58. The fraction of sp³-hybridized carbons (Fsp3) is 0.284. The summed E-state index contributed by atoms with van der Waals surface area (Å²) in [4.78, 5) is 2.72. The van der Waals surface area contributed by atoms with E-state index in [1.807, 2.05) is 0 Å². The van der Waals surface area contributed by atoms with E-state index in [2.05, 4.69) is 235 Å². The van der Waals surface area contributed by atoms with Crippen molar-refractivity contribution < 1.29 is 0 Å². The molecule has 0 fully saturated rings. The van der Waals surface area contributed by atoms with Crippen LogP contribution in [0.25, 0.3) is 38.6 Å². The molecule has 8 aromatic carbocycles. The van der Waals surface area contributed by atoms with Crippen LogP contribution in [-0.2, 0) is 28.1 Å². The molecule has 3 heterocycles. The van der Waals surface area contributed by atoms with Crippen LogP contribution in [0.4, 0.5) is 17.1 Å². The molecule has 0 radical (unpaired) electrons. The van der Waals surface area contributed by atoms with Crippen molar-refractivity contribution in [3.05, 3.63) is 209 Å². The van der Waals surface area contributed by atoms with Gasteiger partial charge in [-0.15, -0.1) is 0 Å². The Hall–Kier alpha value is -6.58. The van der Waals surface area contributed by atoms with Gasteiger partial charge in [0.25, 0.3) is 0 Å². The first kappa shape index (κ1) is 43.4. The highest BCUT2D eigenvalue weighted by Crippen LogP contribution is 2.52. The van der Waals surface area contributed by atoms with Crippen LogP contribution < -0.4 is 21.3 Å². The minimum atomic E-state index is 0.0590. The predicted octanol–water partition coefficient (Wildman–Crippen LogP) is 15.5. The van der Waals surface area contributed by atoms with Crippen LogP contribution in [0.5, 0.6) is 0 Å². The summed E-state index contributed by atoms with van der Waals surface area (Å²) in [5.74, 6) is 0.317. The van der Waals surface area contributed by atoms with E-state index in [4.69, 9.17) is 0 Å². The van der Waals surface area contributed by atoms with Crippen LogP contribution in [0.1, 0.15) is 132 Å². The third-order valence-corrected chi connectivity index (χ3v) is 18.0. The monoisotopic (exact) mass is 909 g/mol. The Labute approximate surface area is 416 Å². The van der Waals surface area contributed by atoms with Gasteiger partial charge in [0.1, 0.15) is 0 Å². The number of nitrogens with zero attached hydrogens (tertiary/aromatic N) is 2. The molecule has 0 unspecified atom stereocenters. The van der Waals surface area contributed by atoms with E-state index < -0.39 is 0 Å². The molecule has 70 heavy (non-hydrogen) atoms. The van der Waals surface area contributed by atoms with Gasteiger partial charge in [0.05, 0.1) is 11.0 Å². The van der Waals surface area contributed by atoms with Crippen molar-refractivity contribution in [2.75, 3.05) is 4.90 Å². The van der Waals surface area contributed by atoms with E-state index in [9.17, 15) is 0 Å². The zero-order valence-electron chi connectivity index (χ0n) is 42.5. The zero-order chi connectivity index (χ0) is 47.9. The van der Waals surface area contributed by atoms with Crippen LogP contribution in [0.2, 0.25) is 0 Å². The van der Waals surface area contributed by atoms with E-state index in [0.29, 0.717) is 5.92 Å². The van der Waals surface area contributed by atoms with Crippen LogP contribution >= 0.6 is 0 Å². The Bertz CT molecular complexity index is 3480. The number of fused-ring (bicyclic) bond motifs is 10. The molecule has 0 amide bonds. The van der Waals surface area contributed by atoms with Crippen molar-refractivity contribution in [3.63, 3.8) is 0 Å². The first-order valence-corrected chi connectivity index (χ1v) is 26.2. The summed E-state index contributed by atoms with van der Waals surface area (Å²) < 4.78 is 2.55. The van der Waals surface area contributed by atoms with Gasteiger partial charge in [-0.25, -0.2) is 0 Å². The normalized spacial score (nSPS) is 17.6. The topological polar surface area (TPSA) is 8.17 Å². The van der Waals surface area contributed by atoms with E-state index >= 15 is 0 Å². The molecule has 0 spiro atoms. The lowest BCUT2D eigenvalue weighted by molar-refractivity contribution is 0.332. The Morgan fingerprint density at radius 2 is 0.986 bits per heavy atom. The molecule has 2 aliphatic heterocycles. The fourth-order valence-corrected chi connectivity index (χ4v) is 13.8. The lowest BCUT2D eigenvalue weighted by atomic mass is 9.36. The second kappa shape index (κ2) is 15.5. The summed E-state index contributed by atoms with van der Waals surface area (Å²) in [6, 6.07) is 65.9. The molecule has 0 saturated carbocycles. The highest BCUT2D eigenvalue weighted by molar-refractivity contribution is 7.01. The van der Waals surface area contributed by atoms with Crippen LogP contribution in [0.3, 0.4) is 0 Å². The van der Waals surface area contributed by atoms with Crippen molar-refractivity contribution in [2.45, 2.75) is 121 Å². The van der Waals surface area contributed by atoms with Crippen molar-refractivity contribution in [1.29, 1.82) is 0 Å². The summed E-state index contributed by atoms with van der Waals surface area (Å²) in [6.07, 6.45) is 6.77. The smallest absolute Gasteiger partial charge is 0.248 e. The third-order valence-electron chi connectivity index (χ3n) is 18.0. The van der Waals surface area contributed by atoms with Gasteiger partial charge >= 0.3 is 0 Å². The molecule has 3 heteroatoms. The lowest BCUT2D eigenvalue weighted by Crippen LogP contribution is -2.55. The molecule has 346 valence electrons. The van der Waals surface area contributed by atoms with Gasteiger partial charge in [0.15, 0.2) is 0 Å². The first-order valence-electron chi connectivity index (χ1n) is 26.2. The average molecular weight is 909 g/mol. The second-order valence-electron chi connectivity index (χ2n) is 24.1. The Morgan fingerprint density at radius 3 is 1.60 bits per heavy atom. The first-order chi connectivity index (χ1) is 33.7. The molecule has 13 rings (SSSR count). The molecule has 2 nitrogen and oxygen atoms in total. The predicted molar refractivity (Wildman–Crippen MR) is 299 cm³/mol. The SMILES string of the molecule is CC1(C)CCC(C)(C)c2cc(N3c4cc5c(cc4B4c6ccc(CCC(c7ccccc7)c7ccccc7)cc6-c6cc(-n7c8ccccc8c8ccccc87)cc3c64)C(C)(C)CCC5(C)C)ccc21. The largest absolute Gasteiger partial charge is 0.311 e. The van der Waals surface area contributed by atoms with Gasteiger partial charge in [-0.2, -0.15) is 0 Å². The second-order valence-corrected chi connectivity index (χ2v) is 24.1. The maximum Gasteiger partial charge on any atom is 0.248 e. The van der Waals surface area contributed by atoms with E-state index in [1.54, 1.807) is 0 Å². The highest BCUT2D eigenvalue weighted by atomic mass is 15.2. The number of hydrogen-bond acceptors (Lipinski definition) is 1. The summed E-state index contributed by atoms with van der Waals surface area (Å²) in [7, 11) is 0. The molecule has 0 N–H and O–H groups in total. The van der Waals surface area contributed by atoms with E-state index in [-0.39, 0.29) is 28.4 Å². The maximum absolute atomic E-state index is 2.72. The number of rotatable bonds is 7. The molecule has 0 bridgehead atoms. The molecule has 2 aliphatic carbocycles. The Kier molecular flexibility index (Phi) is 9.60. The summed E-state index contributed by atoms with van der Waals surface area (Å²) in [6.45, 7) is 19.9. The zero-order valence-corrected chi connectivity index (χ0v) is 42.5. The number of anilines is 3. The molecule has 4 aliphatic rings. The average Bonchev–Trinajstić information content (AvgIpc) is 3.88. The number of hydrogen-bond donors (Lipinski definition) is 0. The molecule has 0 atom stereocenters. The van der Waals surface area contributed by atoms with Gasteiger partial charge < -0.3 is 9.47 Å². The van der Waals surface area contributed by atoms with Crippen molar-refractivity contribution in [1.82, 2.24) is 4.57 Å². The van der Waals surface area contributed by atoms with Gasteiger partial charge in [0, 0.05) is 39.4 Å². The Morgan fingerprint density at radius 1 is 0.443 bits per heavy atom. The molecular formula is C67H65BN2. The minimum Gasteiger partial charge on any atom is -0.311 e. The van der Waals surface area contributed by atoms with E-state index in [0.717, 1.165) is 12.8 Å². The maximum atomic E-state index is 2.72. The van der Waals surface area contributed by atoms with Gasteiger partial charge in [-0.3, -0.25) is 0 Å². The highest BCUT2D eigenvalue weighted by Gasteiger charge is 2.47. The van der Waals surface area contributed by atoms with Crippen LogP contribution in [-0.4, -0.2) is 11.3 Å². The lowest BCUT2D eigenvalue weighted by Gasteiger charge is -2.45. The third kappa shape index (κ3) is 6.59. The fourth-order valence-electron chi connectivity index (χ4n) is 13.8. The van der Waals surface area contributed by atoms with Crippen LogP contribution in [0.15, 0.2) is 170 Å². The molecule has 9 aromatic rings. The minimum absolute atomic E-state index is 0.0590. The van der Waals surface area contributed by atoms with Gasteiger partial charge in [-0.05, 0) is 164 Å². The van der Waals surface area contributed by atoms with Crippen molar-refractivity contribution in [3.8, 4) is 16.8 Å². The number of aryl methyl sites for hydroxylation is 1. The van der Waals surface area contributed by atoms with Crippen LogP contribution in [0, 0.1) is 0 Å². The number of para-hydroxylation sites is 2. The molecule has 1 aromatic heterocycles. The molecule has 0 saturated heterocycles. The number of benzene rings is 8. The van der Waals surface area contributed by atoms with Gasteiger partial charge in [-0.1, -0.05) is 188 Å². The summed E-state index contributed by atoms with van der Waals surface area (Å²) in [5.41, 5.74) is 25.2. The van der Waals surface area contributed by atoms with Crippen molar-refractivity contribution in [2.24, 2.45) is 0 Å². The molecular weight excluding hydrogens is 844 g/mol. The van der Waals surface area contributed by atoms with Gasteiger partial charge in [0.2, 0.25) is 6.71 Å².